The lowest BCUT2D eigenvalue weighted by molar-refractivity contribution is -0.0592. The van der Waals surface area contributed by atoms with E-state index in [-0.39, 0.29) is 17.1 Å². The highest BCUT2D eigenvalue weighted by atomic mass is 16.5. The molecule has 2 aliphatic heterocycles. The smallest absolute Gasteiger partial charge is 0.335 e. The van der Waals surface area contributed by atoms with Crippen molar-refractivity contribution in [1.82, 2.24) is 19.4 Å². The van der Waals surface area contributed by atoms with Crippen LogP contribution in [-0.4, -0.2) is 56.3 Å². The van der Waals surface area contributed by atoms with E-state index in [0.717, 1.165) is 72.5 Å². The SMILES string of the molecule is [C-]#[N+]c1ccc(COc2cccc(C34CCN(Cc5nc6ccc(C(=O)O)cc6n5C[C@@H]5CCO5)CC3C4)n2)c2occc12. The number of rotatable bonds is 9. The number of pyridine rings is 1. The van der Waals surface area contributed by atoms with E-state index in [4.69, 9.17) is 30.4 Å². The summed E-state index contributed by atoms with van der Waals surface area (Å²) in [5.41, 5.74) is 5.22. The Hall–Kier alpha value is -4.72. The molecule has 10 heteroatoms. The summed E-state index contributed by atoms with van der Waals surface area (Å²) in [6, 6.07) is 16.7. The highest BCUT2D eigenvalue weighted by Crippen LogP contribution is 2.59. The van der Waals surface area contributed by atoms with Crippen LogP contribution in [0.2, 0.25) is 0 Å². The summed E-state index contributed by atoms with van der Waals surface area (Å²) in [5, 5.41) is 10.4. The van der Waals surface area contributed by atoms with Gasteiger partial charge in [-0.3, -0.25) is 4.90 Å². The summed E-state index contributed by atoms with van der Waals surface area (Å²) in [5.74, 6) is 1.12. The molecule has 1 aliphatic carbocycles. The number of furan rings is 1. The number of hydrogen-bond acceptors (Lipinski definition) is 7. The molecule has 44 heavy (non-hydrogen) atoms. The van der Waals surface area contributed by atoms with Crippen molar-refractivity contribution in [1.29, 1.82) is 0 Å². The Morgan fingerprint density at radius 1 is 1.18 bits per heavy atom. The van der Waals surface area contributed by atoms with Crippen LogP contribution in [0.4, 0.5) is 5.69 Å². The molecule has 2 aromatic carbocycles. The zero-order valence-corrected chi connectivity index (χ0v) is 24.1. The molecule has 5 aromatic rings. The monoisotopic (exact) mass is 589 g/mol. The van der Waals surface area contributed by atoms with Gasteiger partial charge in [0.15, 0.2) is 5.69 Å². The van der Waals surface area contributed by atoms with Gasteiger partial charge in [0.05, 0.1) is 54.3 Å². The number of likely N-dealkylation sites (tertiary alicyclic amines) is 1. The van der Waals surface area contributed by atoms with E-state index in [1.807, 2.05) is 30.3 Å². The molecule has 8 rings (SSSR count). The number of hydrogen-bond donors (Lipinski definition) is 1. The predicted octanol–water partition coefficient (Wildman–Crippen LogP) is 5.96. The summed E-state index contributed by atoms with van der Waals surface area (Å²) in [6.45, 7) is 11.7. The Morgan fingerprint density at radius 3 is 2.89 bits per heavy atom. The maximum Gasteiger partial charge on any atom is 0.335 e. The maximum absolute atomic E-state index is 11.6. The molecule has 2 saturated heterocycles. The quantitative estimate of drug-likeness (QED) is 0.210. The zero-order valence-electron chi connectivity index (χ0n) is 24.1. The molecule has 222 valence electrons. The standard InChI is InChI=1S/C34H31N5O5/c1-35-26-7-6-22(32-25(26)10-14-43-32)20-44-31-4-2-3-29(37-31)34-11-12-38(17-23(34)16-34)19-30-36-27-8-5-21(33(40)41)15-28(27)39(30)18-24-9-13-42-24/h2-8,10,14-15,23-24H,9,11-13,16-20H2,(H,40,41)/t23?,24-,34?/m0/s1. The predicted molar refractivity (Wildman–Crippen MR) is 162 cm³/mol. The van der Waals surface area contributed by atoms with Crippen molar-refractivity contribution in [2.45, 2.75) is 50.5 Å². The Morgan fingerprint density at radius 2 is 2.09 bits per heavy atom. The number of carboxylic acid groups (broad SMARTS) is 1. The van der Waals surface area contributed by atoms with Gasteiger partial charge in [-0.15, -0.1) is 0 Å². The zero-order chi connectivity index (χ0) is 29.8. The molecule has 1 N–H and O–H groups in total. The van der Waals surface area contributed by atoms with Crippen LogP contribution >= 0.6 is 0 Å². The molecule has 0 amide bonds. The van der Waals surface area contributed by atoms with E-state index in [0.29, 0.717) is 42.8 Å². The number of benzene rings is 2. The Kier molecular flexibility index (Phi) is 6.40. The number of piperidine rings is 1. The summed E-state index contributed by atoms with van der Waals surface area (Å²) in [7, 11) is 0. The van der Waals surface area contributed by atoms with Crippen molar-refractivity contribution in [2.24, 2.45) is 5.92 Å². The Labute approximate surface area is 253 Å². The molecule has 10 nitrogen and oxygen atoms in total. The number of aromatic nitrogens is 3. The van der Waals surface area contributed by atoms with E-state index >= 15 is 0 Å². The Balaban J connectivity index is 0.965. The van der Waals surface area contributed by atoms with Crippen LogP contribution in [0.25, 0.3) is 26.8 Å². The first kappa shape index (κ1) is 26.9. The first-order valence-corrected chi connectivity index (χ1v) is 15.0. The fourth-order valence-corrected chi connectivity index (χ4v) is 6.97. The maximum atomic E-state index is 11.6. The number of aromatic carboxylic acids is 1. The second-order valence-corrected chi connectivity index (χ2v) is 12.1. The summed E-state index contributed by atoms with van der Waals surface area (Å²) >= 11 is 0. The molecule has 3 fully saturated rings. The molecule has 5 heterocycles. The van der Waals surface area contributed by atoms with Crippen molar-refractivity contribution < 1.29 is 23.8 Å². The van der Waals surface area contributed by atoms with Crippen molar-refractivity contribution in [3.8, 4) is 5.88 Å². The van der Waals surface area contributed by atoms with Gasteiger partial charge in [-0.25, -0.2) is 19.6 Å². The third kappa shape index (κ3) is 4.60. The molecule has 2 unspecified atom stereocenters. The van der Waals surface area contributed by atoms with E-state index in [9.17, 15) is 9.90 Å². The van der Waals surface area contributed by atoms with Crippen molar-refractivity contribution in [3.05, 3.63) is 94.9 Å². The minimum absolute atomic E-state index is 0.0672. The van der Waals surface area contributed by atoms with Crippen molar-refractivity contribution >= 4 is 33.7 Å². The fraction of sp³-hybridized carbons (Fsp3) is 0.353. The highest BCUT2D eigenvalue weighted by molar-refractivity contribution is 5.93. The number of fused-ring (bicyclic) bond motifs is 3. The average molecular weight is 590 g/mol. The van der Waals surface area contributed by atoms with E-state index in [2.05, 4.69) is 20.4 Å². The van der Waals surface area contributed by atoms with Crippen LogP contribution in [0.3, 0.4) is 0 Å². The summed E-state index contributed by atoms with van der Waals surface area (Å²) < 4.78 is 19.7. The fourth-order valence-electron chi connectivity index (χ4n) is 6.97. The van der Waals surface area contributed by atoms with E-state index < -0.39 is 5.97 Å². The van der Waals surface area contributed by atoms with Crippen molar-refractivity contribution in [3.63, 3.8) is 0 Å². The molecule has 0 bridgehead atoms. The molecule has 3 atom stereocenters. The molecule has 1 saturated carbocycles. The molecule has 0 radical (unpaired) electrons. The second-order valence-electron chi connectivity index (χ2n) is 12.1. The first-order valence-electron chi connectivity index (χ1n) is 15.0. The lowest BCUT2D eigenvalue weighted by Gasteiger charge is -2.32. The third-order valence-corrected chi connectivity index (χ3v) is 9.61. The van der Waals surface area contributed by atoms with Gasteiger partial charge in [-0.05, 0) is 62.1 Å². The van der Waals surface area contributed by atoms with Gasteiger partial charge in [0.25, 0.3) is 0 Å². The lowest BCUT2D eigenvalue weighted by atomic mass is 9.91. The number of imidazole rings is 1. The van der Waals surface area contributed by atoms with E-state index in [1.54, 1.807) is 24.5 Å². The van der Waals surface area contributed by atoms with Crippen LogP contribution in [-0.2, 0) is 29.8 Å². The topological polar surface area (TPSA) is 107 Å². The number of ether oxygens (including phenoxy) is 2. The minimum atomic E-state index is -0.935. The van der Waals surface area contributed by atoms with Gasteiger partial charge < -0.3 is 23.6 Å². The third-order valence-electron chi connectivity index (χ3n) is 9.61. The lowest BCUT2D eigenvalue weighted by Crippen LogP contribution is -2.37. The number of carbonyl (C=O) groups is 1. The largest absolute Gasteiger partial charge is 0.478 e. The molecule has 0 spiro atoms. The van der Waals surface area contributed by atoms with Crippen LogP contribution < -0.4 is 4.74 Å². The van der Waals surface area contributed by atoms with Gasteiger partial charge in [0.1, 0.15) is 18.0 Å². The molecular weight excluding hydrogens is 558 g/mol. The van der Waals surface area contributed by atoms with Crippen LogP contribution in [0.5, 0.6) is 5.88 Å². The number of carboxylic acids is 1. The minimum Gasteiger partial charge on any atom is -0.478 e. The second kappa shape index (κ2) is 10.5. The first-order chi connectivity index (χ1) is 21.5. The Bertz CT molecular complexity index is 1950. The molecule has 3 aromatic heterocycles. The molecule has 3 aliphatic rings. The molecular formula is C34H31N5O5. The summed E-state index contributed by atoms with van der Waals surface area (Å²) in [6.07, 6.45) is 4.85. The van der Waals surface area contributed by atoms with Crippen LogP contribution in [0, 0.1) is 12.5 Å². The number of nitrogens with zero attached hydrogens (tertiary/aromatic N) is 5. The van der Waals surface area contributed by atoms with Gasteiger partial charge in [0, 0.05) is 35.6 Å². The highest BCUT2D eigenvalue weighted by Gasteiger charge is 2.58. The van der Waals surface area contributed by atoms with Crippen LogP contribution in [0.1, 0.15) is 46.7 Å². The normalized spacial score (nSPS) is 22.8. The van der Waals surface area contributed by atoms with Gasteiger partial charge in [-0.1, -0.05) is 18.2 Å². The van der Waals surface area contributed by atoms with Gasteiger partial charge in [0.2, 0.25) is 5.88 Å². The van der Waals surface area contributed by atoms with E-state index in [1.165, 1.54) is 0 Å². The average Bonchev–Trinajstić information content (AvgIpc) is 3.36. The summed E-state index contributed by atoms with van der Waals surface area (Å²) in [4.78, 5) is 27.6. The van der Waals surface area contributed by atoms with Gasteiger partial charge >= 0.3 is 5.97 Å². The van der Waals surface area contributed by atoms with Gasteiger partial charge in [-0.2, -0.15) is 0 Å². The van der Waals surface area contributed by atoms with Crippen molar-refractivity contribution in [2.75, 3.05) is 19.7 Å². The van der Waals surface area contributed by atoms with Crippen LogP contribution in [0.15, 0.2) is 65.3 Å².